The summed E-state index contributed by atoms with van der Waals surface area (Å²) in [5.74, 6) is 0.120. The molecule has 0 heterocycles. The largest absolute Gasteiger partial charge is 0.330 e. The molecular weight excluding hydrogens is 245 g/mol. The molecule has 2 N–H and O–H groups in total. The molecule has 1 atom stereocenters. The lowest BCUT2D eigenvalue weighted by Crippen LogP contribution is -2.17. The van der Waals surface area contributed by atoms with E-state index in [0.29, 0.717) is 29.4 Å². The van der Waals surface area contributed by atoms with Gasteiger partial charge in [0.15, 0.2) is 0 Å². The number of carbonyl (C=O) groups excluding carboxylic acids is 1. The van der Waals surface area contributed by atoms with Gasteiger partial charge >= 0.3 is 0 Å². The Morgan fingerprint density at radius 1 is 1.44 bits per heavy atom. The number of carbonyl (C=O) groups is 1. The van der Waals surface area contributed by atoms with Crippen LogP contribution in [0.3, 0.4) is 0 Å². The predicted octanol–water partition coefficient (Wildman–Crippen LogP) is 3.09. The first-order chi connectivity index (χ1) is 7.56. The number of halogens is 2. The molecule has 1 aromatic carbocycles. The first-order valence-electron chi connectivity index (χ1n) is 5.22. The van der Waals surface area contributed by atoms with E-state index < -0.39 is 0 Å². The van der Waals surface area contributed by atoms with Gasteiger partial charge in [-0.15, -0.1) is 0 Å². The van der Waals surface area contributed by atoms with E-state index in [1.54, 1.807) is 12.1 Å². The van der Waals surface area contributed by atoms with Crippen LogP contribution in [0.25, 0.3) is 0 Å². The van der Waals surface area contributed by atoms with Crippen LogP contribution in [0.5, 0.6) is 0 Å². The number of rotatable bonds is 5. The molecule has 2 nitrogen and oxygen atoms in total. The highest BCUT2D eigenvalue weighted by Crippen LogP contribution is 2.26. The summed E-state index contributed by atoms with van der Waals surface area (Å²) in [6, 6.07) is 5.33. The maximum absolute atomic E-state index is 11.8. The maximum atomic E-state index is 11.8. The van der Waals surface area contributed by atoms with Gasteiger partial charge in [0.05, 0.1) is 10.0 Å². The Morgan fingerprint density at radius 2 is 2.12 bits per heavy atom. The van der Waals surface area contributed by atoms with Gasteiger partial charge in [0.25, 0.3) is 0 Å². The maximum Gasteiger partial charge on any atom is 0.140 e. The Balaban J connectivity index is 2.73. The molecule has 0 amide bonds. The van der Waals surface area contributed by atoms with Gasteiger partial charge in [0.1, 0.15) is 5.78 Å². The number of Topliss-reactive ketones (excluding diaryl/α,β-unsaturated/α-hetero) is 1. The van der Waals surface area contributed by atoms with E-state index in [-0.39, 0.29) is 11.7 Å². The fourth-order valence-electron chi connectivity index (χ4n) is 1.46. The summed E-state index contributed by atoms with van der Waals surface area (Å²) in [5.41, 5.74) is 6.20. The molecule has 1 rings (SSSR count). The predicted molar refractivity (Wildman–Crippen MR) is 68.0 cm³/mol. The molecule has 0 spiro atoms. The van der Waals surface area contributed by atoms with Gasteiger partial charge in [-0.3, -0.25) is 4.79 Å². The van der Waals surface area contributed by atoms with E-state index in [1.165, 1.54) is 0 Å². The number of ketones is 1. The van der Waals surface area contributed by atoms with Crippen LogP contribution in [0.2, 0.25) is 10.0 Å². The highest BCUT2D eigenvalue weighted by molar-refractivity contribution is 6.42. The molecule has 0 fully saturated rings. The van der Waals surface area contributed by atoms with E-state index >= 15 is 0 Å². The quantitative estimate of drug-likeness (QED) is 0.884. The third-order valence-electron chi connectivity index (χ3n) is 2.55. The summed E-state index contributed by atoms with van der Waals surface area (Å²) >= 11 is 11.9. The first-order valence-corrected chi connectivity index (χ1v) is 5.97. The normalized spacial score (nSPS) is 12.5. The van der Waals surface area contributed by atoms with Crippen LogP contribution in [-0.2, 0) is 11.2 Å². The van der Waals surface area contributed by atoms with Gasteiger partial charge in [-0.25, -0.2) is 0 Å². The molecule has 1 unspecified atom stereocenters. The van der Waals surface area contributed by atoms with Gasteiger partial charge in [-0.05, 0) is 24.6 Å². The van der Waals surface area contributed by atoms with Crippen LogP contribution in [0.1, 0.15) is 18.9 Å². The lowest BCUT2D eigenvalue weighted by atomic mass is 9.97. The third kappa shape index (κ3) is 3.48. The highest BCUT2D eigenvalue weighted by Gasteiger charge is 2.14. The first kappa shape index (κ1) is 13.5. The number of hydrogen-bond acceptors (Lipinski definition) is 2. The van der Waals surface area contributed by atoms with Crippen LogP contribution in [0, 0.1) is 5.92 Å². The number of hydrogen-bond donors (Lipinski definition) is 1. The molecule has 0 aliphatic heterocycles. The molecular formula is C12H15Cl2NO. The fraction of sp³-hybridized carbons (Fsp3) is 0.417. The van der Waals surface area contributed by atoms with E-state index in [9.17, 15) is 4.79 Å². The number of nitrogens with two attached hydrogens (primary N) is 1. The van der Waals surface area contributed by atoms with Crippen molar-refractivity contribution in [3.8, 4) is 0 Å². The topological polar surface area (TPSA) is 43.1 Å². The molecule has 4 heteroatoms. The Hall–Kier alpha value is -0.570. The molecule has 0 bridgehead atoms. The minimum absolute atomic E-state index is 0.0277. The Kier molecular flexibility index (Phi) is 5.26. The minimum atomic E-state index is -0.0277. The molecule has 1 aromatic rings. The summed E-state index contributed by atoms with van der Waals surface area (Å²) < 4.78 is 0. The molecule has 0 aliphatic carbocycles. The second kappa shape index (κ2) is 6.24. The van der Waals surface area contributed by atoms with Crippen molar-refractivity contribution in [2.75, 3.05) is 6.54 Å². The second-order valence-corrected chi connectivity index (χ2v) is 4.62. The van der Waals surface area contributed by atoms with Crippen LogP contribution in [0.15, 0.2) is 18.2 Å². The smallest absolute Gasteiger partial charge is 0.140 e. The van der Waals surface area contributed by atoms with Crippen molar-refractivity contribution in [2.45, 2.75) is 19.8 Å². The van der Waals surface area contributed by atoms with Gasteiger partial charge < -0.3 is 5.73 Å². The van der Waals surface area contributed by atoms with Gasteiger partial charge in [0.2, 0.25) is 0 Å². The molecule has 88 valence electrons. The molecule has 0 saturated carbocycles. The Labute approximate surface area is 106 Å². The lowest BCUT2D eigenvalue weighted by Gasteiger charge is -2.10. The zero-order valence-corrected chi connectivity index (χ0v) is 10.7. The third-order valence-corrected chi connectivity index (χ3v) is 3.40. The molecule has 0 radical (unpaired) electrons. The van der Waals surface area contributed by atoms with Crippen molar-refractivity contribution >= 4 is 29.0 Å². The van der Waals surface area contributed by atoms with Crippen molar-refractivity contribution in [1.29, 1.82) is 0 Å². The van der Waals surface area contributed by atoms with Crippen LogP contribution >= 0.6 is 23.2 Å². The fourth-order valence-corrected chi connectivity index (χ4v) is 1.84. The molecule has 0 aliphatic rings. The van der Waals surface area contributed by atoms with E-state index in [2.05, 4.69) is 0 Å². The summed E-state index contributed by atoms with van der Waals surface area (Å²) in [4.78, 5) is 11.8. The molecule has 0 saturated heterocycles. The van der Waals surface area contributed by atoms with Crippen molar-refractivity contribution in [3.63, 3.8) is 0 Å². The SMILES string of the molecule is CC(CCN)C(=O)Cc1cccc(Cl)c1Cl. The van der Waals surface area contributed by atoms with E-state index in [4.69, 9.17) is 28.9 Å². The van der Waals surface area contributed by atoms with Crippen LogP contribution in [-0.4, -0.2) is 12.3 Å². The van der Waals surface area contributed by atoms with E-state index in [0.717, 1.165) is 5.56 Å². The molecule has 16 heavy (non-hydrogen) atoms. The van der Waals surface area contributed by atoms with E-state index in [1.807, 2.05) is 13.0 Å². The zero-order valence-electron chi connectivity index (χ0n) is 9.17. The summed E-state index contributed by atoms with van der Waals surface area (Å²) in [6.45, 7) is 2.41. The average molecular weight is 260 g/mol. The summed E-state index contributed by atoms with van der Waals surface area (Å²) in [5, 5.41) is 0.955. The van der Waals surface area contributed by atoms with Crippen molar-refractivity contribution < 1.29 is 4.79 Å². The lowest BCUT2D eigenvalue weighted by molar-refractivity contribution is -0.121. The van der Waals surface area contributed by atoms with Gasteiger partial charge in [-0.1, -0.05) is 42.3 Å². The van der Waals surface area contributed by atoms with Gasteiger partial charge in [-0.2, -0.15) is 0 Å². The monoisotopic (exact) mass is 259 g/mol. The van der Waals surface area contributed by atoms with Crippen molar-refractivity contribution in [3.05, 3.63) is 33.8 Å². The Morgan fingerprint density at radius 3 is 2.75 bits per heavy atom. The summed E-state index contributed by atoms with van der Waals surface area (Å²) in [7, 11) is 0. The zero-order chi connectivity index (χ0) is 12.1. The van der Waals surface area contributed by atoms with Crippen LogP contribution in [0.4, 0.5) is 0 Å². The van der Waals surface area contributed by atoms with Gasteiger partial charge in [0, 0.05) is 12.3 Å². The standard InChI is InChI=1S/C12H15Cl2NO/c1-8(5-6-15)11(16)7-9-3-2-4-10(13)12(9)14/h2-4,8H,5-7,15H2,1H3. The Bertz CT molecular complexity index is 379. The summed E-state index contributed by atoms with van der Waals surface area (Å²) in [6.07, 6.45) is 1.03. The highest BCUT2D eigenvalue weighted by atomic mass is 35.5. The van der Waals surface area contributed by atoms with Crippen molar-refractivity contribution in [2.24, 2.45) is 11.7 Å². The molecule has 0 aromatic heterocycles. The average Bonchev–Trinajstić information content (AvgIpc) is 2.25. The van der Waals surface area contributed by atoms with Crippen LogP contribution < -0.4 is 5.73 Å². The number of benzene rings is 1. The van der Waals surface area contributed by atoms with Crippen molar-refractivity contribution in [1.82, 2.24) is 0 Å². The minimum Gasteiger partial charge on any atom is -0.330 e. The second-order valence-electron chi connectivity index (χ2n) is 3.83.